The molecule has 0 spiro atoms. The molecule has 1 aliphatic heterocycles. The lowest BCUT2D eigenvalue weighted by Crippen LogP contribution is -2.38. The van der Waals surface area contributed by atoms with Gasteiger partial charge in [0.25, 0.3) is 5.91 Å². The Kier molecular flexibility index (Phi) is 5.78. The van der Waals surface area contributed by atoms with Gasteiger partial charge in [-0.25, -0.2) is 4.39 Å². The molecule has 3 aromatic rings. The largest absolute Gasteiger partial charge is 0.319 e. The molecule has 1 heterocycles. The van der Waals surface area contributed by atoms with E-state index in [0.717, 1.165) is 5.56 Å². The highest BCUT2D eigenvalue weighted by molar-refractivity contribution is 9.10. The second-order valence-electron chi connectivity index (χ2n) is 6.72. The van der Waals surface area contributed by atoms with E-state index in [2.05, 4.69) is 21.2 Å². The fraction of sp³-hybridized carbons (Fsp3) is 0.0909. The van der Waals surface area contributed by atoms with E-state index in [1.807, 2.05) is 30.3 Å². The van der Waals surface area contributed by atoms with E-state index in [1.54, 1.807) is 12.1 Å². The van der Waals surface area contributed by atoms with E-state index >= 15 is 0 Å². The van der Waals surface area contributed by atoms with Gasteiger partial charge in [0.2, 0.25) is 5.91 Å². The summed E-state index contributed by atoms with van der Waals surface area (Å²) in [6, 6.07) is 18.4. The summed E-state index contributed by atoms with van der Waals surface area (Å²) < 4.78 is 27.1. The second kappa shape index (κ2) is 8.49. The first-order valence-electron chi connectivity index (χ1n) is 9.05. The number of amides is 2. The summed E-state index contributed by atoms with van der Waals surface area (Å²) in [6.07, 6.45) is 0. The number of anilines is 2. The van der Waals surface area contributed by atoms with Crippen molar-refractivity contribution in [2.45, 2.75) is 11.4 Å². The number of benzene rings is 3. The number of carbonyl (C=O) groups excluding carboxylic acids is 2. The predicted octanol–water partition coefficient (Wildman–Crippen LogP) is 4.49. The first-order valence-corrected chi connectivity index (χ1v) is 11.2. The van der Waals surface area contributed by atoms with E-state index in [9.17, 15) is 18.2 Å². The summed E-state index contributed by atoms with van der Waals surface area (Å²) in [5, 5.41) is 2.53. The van der Waals surface area contributed by atoms with E-state index in [4.69, 9.17) is 0 Å². The SMILES string of the molecule is O=C(Nc1ccc(Br)cc1F)c1ccc2c(c1)N(Cc1ccccc1)C(=O)C[S@]2=O. The highest BCUT2D eigenvalue weighted by Crippen LogP contribution is 2.32. The first kappa shape index (κ1) is 20.4. The summed E-state index contributed by atoms with van der Waals surface area (Å²) in [6.45, 7) is 0.302. The molecule has 8 heteroatoms. The van der Waals surface area contributed by atoms with Crippen LogP contribution in [0, 0.1) is 5.82 Å². The molecule has 152 valence electrons. The molecular formula is C22H16BrFN2O3S. The Bertz CT molecular complexity index is 1170. The third-order valence-corrected chi connectivity index (χ3v) is 6.51. The van der Waals surface area contributed by atoms with Crippen molar-refractivity contribution in [1.29, 1.82) is 0 Å². The van der Waals surface area contributed by atoms with Gasteiger partial charge < -0.3 is 10.2 Å². The number of nitrogens with zero attached hydrogens (tertiary/aromatic N) is 1. The van der Waals surface area contributed by atoms with Crippen LogP contribution >= 0.6 is 15.9 Å². The molecule has 0 saturated heterocycles. The molecule has 0 radical (unpaired) electrons. The second-order valence-corrected chi connectivity index (χ2v) is 9.05. The molecule has 1 N–H and O–H groups in total. The van der Waals surface area contributed by atoms with Gasteiger partial charge in [0.15, 0.2) is 0 Å². The summed E-state index contributed by atoms with van der Waals surface area (Å²) in [5.74, 6) is -1.48. The zero-order valence-corrected chi connectivity index (χ0v) is 18.0. The minimum absolute atomic E-state index is 0.0433. The van der Waals surface area contributed by atoms with E-state index in [0.29, 0.717) is 21.6 Å². The Morgan fingerprint density at radius 2 is 1.87 bits per heavy atom. The molecule has 0 unspecified atom stereocenters. The van der Waals surface area contributed by atoms with Gasteiger partial charge in [-0.2, -0.15) is 0 Å². The normalized spacial score (nSPS) is 15.6. The van der Waals surface area contributed by atoms with Gasteiger partial charge in [0.1, 0.15) is 11.6 Å². The minimum Gasteiger partial charge on any atom is -0.319 e. The fourth-order valence-electron chi connectivity index (χ4n) is 3.19. The van der Waals surface area contributed by atoms with Crippen LogP contribution in [0.5, 0.6) is 0 Å². The third kappa shape index (κ3) is 4.20. The molecule has 0 fully saturated rings. The van der Waals surface area contributed by atoms with Crippen molar-refractivity contribution >= 4 is 49.9 Å². The fourth-order valence-corrected chi connectivity index (χ4v) is 4.68. The number of fused-ring (bicyclic) bond motifs is 1. The van der Waals surface area contributed by atoms with Crippen LogP contribution in [0.25, 0.3) is 0 Å². The van der Waals surface area contributed by atoms with Gasteiger partial charge in [0, 0.05) is 10.0 Å². The number of hydrogen-bond acceptors (Lipinski definition) is 3. The molecule has 30 heavy (non-hydrogen) atoms. The predicted molar refractivity (Wildman–Crippen MR) is 117 cm³/mol. The minimum atomic E-state index is -1.48. The lowest BCUT2D eigenvalue weighted by atomic mass is 10.1. The van der Waals surface area contributed by atoms with Crippen molar-refractivity contribution in [2.75, 3.05) is 16.0 Å². The van der Waals surface area contributed by atoms with Gasteiger partial charge in [-0.15, -0.1) is 0 Å². The van der Waals surface area contributed by atoms with E-state index in [1.165, 1.54) is 29.2 Å². The standard InChI is InChI=1S/C22H16BrFN2O3S/c23-16-7-8-18(17(24)11-16)25-22(28)15-6-9-20-19(10-15)26(21(27)13-30(20)29)12-14-4-2-1-3-5-14/h1-11H,12-13H2,(H,25,28)/t30-/m1/s1. The molecule has 0 aromatic heterocycles. The molecule has 3 aromatic carbocycles. The van der Waals surface area contributed by atoms with Gasteiger partial charge in [0.05, 0.1) is 33.6 Å². The Hall–Kier alpha value is -2.84. The van der Waals surface area contributed by atoms with Crippen molar-refractivity contribution in [3.05, 3.63) is 88.1 Å². The molecule has 1 atom stereocenters. The average molecular weight is 487 g/mol. The lowest BCUT2D eigenvalue weighted by molar-refractivity contribution is -0.116. The van der Waals surface area contributed by atoms with Crippen LogP contribution in [0.1, 0.15) is 15.9 Å². The van der Waals surface area contributed by atoms with Crippen LogP contribution in [0.4, 0.5) is 15.8 Å². The monoisotopic (exact) mass is 486 g/mol. The van der Waals surface area contributed by atoms with Crippen molar-refractivity contribution in [3.8, 4) is 0 Å². The summed E-state index contributed by atoms with van der Waals surface area (Å²) in [7, 11) is -1.48. The van der Waals surface area contributed by atoms with Crippen LogP contribution in [-0.4, -0.2) is 21.8 Å². The maximum absolute atomic E-state index is 14.1. The highest BCUT2D eigenvalue weighted by atomic mass is 79.9. The summed E-state index contributed by atoms with van der Waals surface area (Å²) in [4.78, 5) is 27.3. The van der Waals surface area contributed by atoms with Crippen molar-refractivity contribution < 1.29 is 18.2 Å². The van der Waals surface area contributed by atoms with Crippen LogP contribution in [0.3, 0.4) is 0 Å². The number of rotatable bonds is 4. The molecule has 0 bridgehead atoms. The Balaban J connectivity index is 1.66. The zero-order chi connectivity index (χ0) is 21.3. The summed E-state index contributed by atoms with van der Waals surface area (Å²) >= 11 is 3.17. The average Bonchev–Trinajstić information content (AvgIpc) is 2.73. The number of halogens is 2. The van der Waals surface area contributed by atoms with Crippen LogP contribution < -0.4 is 10.2 Å². The van der Waals surface area contributed by atoms with Gasteiger partial charge in [-0.3, -0.25) is 13.8 Å². The van der Waals surface area contributed by atoms with Gasteiger partial charge >= 0.3 is 0 Å². The van der Waals surface area contributed by atoms with Crippen LogP contribution in [0.2, 0.25) is 0 Å². The summed E-state index contributed by atoms with van der Waals surface area (Å²) in [5.41, 5.74) is 1.62. The topological polar surface area (TPSA) is 66.5 Å². The smallest absolute Gasteiger partial charge is 0.255 e. The Morgan fingerprint density at radius 1 is 1.10 bits per heavy atom. The molecule has 4 rings (SSSR count). The van der Waals surface area contributed by atoms with Crippen LogP contribution in [-0.2, 0) is 22.1 Å². The zero-order valence-electron chi connectivity index (χ0n) is 15.6. The third-order valence-electron chi connectivity index (χ3n) is 4.68. The molecule has 2 amide bonds. The van der Waals surface area contributed by atoms with Crippen molar-refractivity contribution in [1.82, 2.24) is 0 Å². The number of hydrogen-bond donors (Lipinski definition) is 1. The first-order chi connectivity index (χ1) is 14.4. The number of nitrogens with one attached hydrogen (secondary N) is 1. The Labute approximate surface area is 183 Å². The molecule has 1 aliphatic rings. The van der Waals surface area contributed by atoms with Gasteiger partial charge in [-0.05, 0) is 42.0 Å². The van der Waals surface area contributed by atoms with Crippen molar-refractivity contribution in [2.24, 2.45) is 0 Å². The Morgan fingerprint density at radius 3 is 2.60 bits per heavy atom. The molecule has 0 saturated carbocycles. The number of carbonyl (C=O) groups is 2. The maximum Gasteiger partial charge on any atom is 0.255 e. The van der Waals surface area contributed by atoms with E-state index in [-0.39, 0.29) is 22.9 Å². The molecule has 5 nitrogen and oxygen atoms in total. The van der Waals surface area contributed by atoms with Gasteiger partial charge in [-0.1, -0.05) is 46.3 Å². The molecular weight excluding hydrogens is 471 g/mol. The maximum atomic E-state index is 14.1. The van der Waals surface area contributed by atoms with E-state index < -0.39 is 22.5 Å². The highest BCUT2D eigenvalue weighted by Gasteiger charge is 2.30. The lowest BCUT2D eigenvalue weighted by Gasteiger charge is -2.29. The quantitative estimate of drug-likeness (QED) is 0.590. The molecule has 0 aliphatic carbocycles. The van der Waals surface area contributed by atoms with Crippen LogP contribution in [0.15, 0.2) is 76.1 Å². The van der Waals surface area contributed by atoms with Crippen molar-refractivity contribution in [3.63, 3.8) is 0 Å².